The number of rotatable bonds is 6. The van der Waals surface area contributed by atoms with Gasteiger partial charge in [-0.05, 0) is 43.5 Å². The van der Waals surface area contributed by atoms with Crippen molar-refractivity contribution in [2.24, 2.45) is 5.92 Å². The summed E-state index contributed by atoms with van der Waals surface area (Å²) in [5.74, 6) is 1.83. The van der Waals surface area contributed by atoms with Gasteiger partial charge in [-0.3, -0.25) is 0 Å². The summed E-state index contributed by atoms with van der Waals surface area (Å²) in [6.45, 7) is 2.83. The van der Waals surface area contributed by atoms with Crippen molar-refractivity contribution in [1.29, 1.82) is 0 Å². The van der Waals surface area contributed by atoms with Crippen molar-refractivity contribution < 1.29 is 4.74 Å². The van der Waals surface area contributed by atoms with E-state index < -0.39 is 0 Å². The average molecular weight is 312 g/mol. The van der Waals surface area contributed by atoms with Gasteiger partial charge in [0.15, 0.2) is 0 Å². The molecule has 0 spiro atoms. The third kappa shape index (κ3) is 4.99. The van der Waals surface area contributed by atoms with Gasteiger partial charge in [-0.1, -0.05) is 41.3 Å². The number of benzene rings is 1. The largest absolute Gasteiger partial charge is 0.492 e. The van der Waals surface area contributed by atoms with Gasteiger partial charge in [0.1, 0.15) is 12.4 Å². The molecule has 18 heavy (non-hydrogen) atoms. The highest BCUT2D eigenvalue weighted by atomic mass is 79.9. The molecule has 3 heteroatoms. The first-order chi connectivity index (χ1) is 8.84. The average Bonchev–Trinajstić information content (AvgIpc) is 2.40. The van der Waals surface area contributed by atoms with Crippen molar-refractivity contribution in [1.82, 2.24) is 5.32 Å². The molecule has 1 aliphatic carbocycles. The first kappa shape index (κ1) is 13.9. The van der Waals surface area contributed by atoms with E-state index in [0.717, 1.165) is 35.8 Å². The third-order valence-corrected chi connectivity index (χ3v) is 3.99. The minimum atomic E-state index is 0.739. The molecular weight excluding hydrogens is 290 g/mol. The van der Waals surface area contributed by atoms with Gasteiger partial charge in [-0.25, -0.2) is 0 Å². The standard InChI is InChI=1S/C15H22BrNO/c16-14-7-4-8-15(11-14)18-10-9-17-12-13-5-2-1-3-6-13/h4,7-8,11,13,17H,1-3,5-6,9-10,12H2. The Balaban J connectivity index is 1.55. The molecule has 1 aliphatic rings. The van der Waals surface area contributed by atoms with E-state index in [4.69, 9.17) is 4.74 Å². The summed E-state index contributed by atoms with van der Waals surface area (Å²) in [6, 6.07) is 8.00. The number of hydrogen-bond donors (Lipinski definition) is 1. The smallest absolute Gasteiger partial charge is 0.120 e. The zero-order valence-corrected chi connectivity index (χ0v) is 12.4. The van der Waals surface area contributed by atoms with Crippen molar-refractivity contribution in [2.45, 2.75) is 32.1 Å². The van der Waals surface area contributed by atoms with Crippen LogP contribution in [0.15, 0.2) is 28.7 Å². The lowest BCUT2D eigenvalue weighted by atomic mass is 9.89. The number of hydrogen-bond acceptors (Lipinski definition) is 2. The van der Waals surface area contributed by atoms with E-state index in [0.29, 0.717) is 0 Å². The van der Waals surface area contributed by atoms with E-state index in [9.17, 15) is 0 Å². The molecule has 0 aliphatic heterocycles. The van der Waals surface area contributed by atoms with E-state index in [1.165, 1.54) is 32.1 Å². The van der Waals surface area contributed by atoms with Crippen LogP contribution in [0.1, 0.15) is 32.1 Å². The Labute approximate surface area is 118 Å². The fourth-order valence-electron chi connectivity index (χ4n) is 2.50. The Morgan fingerprint density at radius 1 is 1.22 bits per heavy atom. The van der Waals surface area contributed by atoms with Crippen LogP contribution in [0.3, 0.4) is 0 Å². The van der Waals surface area contributed by atoms with Gasteiger partial charge in [0, 0.05) is 11.0 Å². The highest BCUT2D eigenvalue weighted by molar-refractivity contribution is 9.10. The van der Waals surface area contributed by atoms with Crippen molar-refractivity contribution in [3.63, 3.8) is 0 Å². The zero-order chi connectivity index (χ0) is 12.6. The van der Waals surface area contributed by atoms with E-state index in [1.807, 2.05) is 24.3 Å². The first-order valence-corrected chi connectivity index (χ1v) is 7.73. The fourth-order valence-corrected chi connectivity index (χ4v) is 2.87. The second kappa shape index (κ2) is 7.80. The first-order valence-electron chi connectivity index (χ1n) is 6.94. The van der Waals surface area contributed by atoms with Crippen LogP contribution in [-0.4, -0.2) is 19.7 Å². The topological polar surface area (TPSA) is 21.3 Å². The van der Waals surface area contributed by atoms with Crippen LogP contribution in [0.5, 0.6) is 5.75 Å². The molecule has 0 atom stereocenters. The Morgan fingerprint density at radius 3 is 2.83 bits per heavy atom. The Hall–Kier alpha value is -0.540. The van der Waals surface area contributed by atoms with E-state index in [1.54, 1.807) is 0 Å². The second-order valence-corrected chi connectivity index (χ2v) is 5.93. The predicted molar refractivity (Wildman–Crippen MR) is 79.1 cm³/mol. The van der Waals surface area contributed by atoms with Gasteiger partial charge in [-0.2, -0.15) is 0 Å². The zero-order valence-electron chi connectivity index (χ0n) is 10.8. The lowest BCUT2D eigenvalue weighted by Crippen LogP contribution is -2.28. The Morgan fingerprint density at radius 2 is 2.06 bits per heavy atom. The molecule has 1 N–H and O–H groups in total. The maximum Gasteiger partial charge on any atom is 0.120 e. The Kier molecular flexibility index (Phi) is 6.01. The molecule has 0 amide bonds. The third-order valence-electron chi connectivity index (χ3n) is 3.50. The Bertz CT molecular complexity index is 350. The van der Waals surface area contributed by atoms with Crippen LogP contribution >= 0.6 is 15.9 Å². The number of ether oxygens (including phenoxy) is 1. The fraction of sp³-hybridized carbons (Fsp3) is 0.600. The van der Waals surface area contributed by atoms with Gasteiger partial charge < -0.3 is 10.1 Å². The molecule has 1 fully saturated rings. The highest BCUT2D eigenvalue weighted by Gasteiger charge is 2.12. The van der Waals surface area contributed by atoms with E-state index >= 15 is 0 Å². The van der Waals surface area contributed by atoms with Crippen LogP contribution in [0.4, 0.5) is 0 Å². The van der Waals surface area contributed by atoms with E-state index in [-0.39, 0.29) is 0 Å². The summed E-state index contributed by atoms with van der Waals surface area (Å²) in [5, 5.41) is 3.50. The molecule has 0 radical (unpaired) electrons. The maximum absolute atomic E-state index is 5.68. The molecule has 2 rings (SSSR count). The lowest BCUT2D eigenvalue weighted by molar-refractivity contribution is 0.294. The molecular formula is C15H22BrNO. The number of halogens is 1. The molecule has 0 aromatic heterocycles. The molecule has 0 unspecified atom stereocenters. The molecule has 100 valence electrons. The second-order valence-electron chi connectivity index (χ2n) is 5.01. The maximum atomic E-state index is 5.68. The summed E-state index contributed by atoms with van der Waals surface area (Å²) in [7, 11) is 0. The number of nitrogens with one attached hydrogen (secondary N) is 1. The molecule has 0 bridgehead atoms. The summed E-state index contributed by atoms with van der Waals surface area (Å²) in [6.07, 6.45) is 7.07. The van der Waals surface area contributed by atoms with Crippen LogP contribution in [0.2, 0.25) is 0 Å². The van der Waals surface area contributed by atoms with Crippen LogP contribution in [0.25, 0.3) is 0 Å². The SMILES string of the molecule is Brc1cccc(OCCNCC2CCCCC2)c1. The molecule has 0 saturated heterocycles. The van der Waals surface area contributed by atoms with E-state index in [2.05, 4.69) is 21.2 Å². The quantitative estimate of drug-likeness (QED) is 0.802. The van der Waals surface area contributed by atoms with Crippen molar-refractivity contribution in [2.75, 3.05) is 19.7 Å². The molecule has 1 saturated carbocycles. The van der Waals surface area contributed by atoms with Gasteiger partial charge >= 0.3 is 0 Å². The summed E-state index contributed by atoms with van der Waals surface area (Å²) in [5.41, 5.74) is 0. The van der Waals surface area contributed by atoms with Crippen molar-refractivity contribution in [3.05, 3.63) is 28.7 Å². The van der Waals surface area contributed by atoms with Crippen molar-refractivity contribution in [3.8, 4) is 5.75 Å². The summed E-state index contributed by atoms with van der Waals surface area (Å²) in [4.78, 5) is 0. The lowest BCUT2D eigenvalue weighted by Gasteiger charge is -2.21. The minimum absolute atomic E-state index is 0.739. The molecule has 1 aromatic rings. The minimum Gasteiger partial charge on any atom is -0.492 e. The van der Waals surface area contributed by atoms with Crippen LogP contribution in [0, 0.1) is 5.92 Å². The summed E-state index contributed by atoms with van der Waals surface area (Å²) < 4.78 is 6.75. The highest BCUT2D eigenvalue weighted by Crippen LogP contribution is 2.22. The van der Waals surface area contributed by atoms with Gasteiger partial charge in [0.05, 0.1) is 0 Å². The van der Waals surface area contributed by atoms with Crippen molar-refractivity contribution >= 4 is 15.9 Å². The summed E-state index contributed by atoms with van der Waals surface area (Å²) >= 11 is 3.44. The van der Waals surface area contributed by atoms with Crippen LogP contribution < -0.4 is 10.1 Å². The van der Waals surface area contributed by atoms with Gasteiger partial charge in [0.25, 0.3) is 0 Å². The normalized spacial score (nSPS) is 16.7. The molecule has 2 nitrogen and oxygen atoms in total. The van der Waals surface area contributed by atoms with Gasteiger partial charge in [-0.15, -0.1) is 0 Å². The van der Waals surface area contributed by atoms with Crippen LogP contribution in [-0.2, 0) is 0 Å². The van der Waals surface area contributed by atoms with Gasteiger partial charge in [0.2, 0.25) is 0 Å². The molecule has 0 heterocycles. The monoisotopic (exact) mass is 311 g/mol. The predicted octanol–water partition coefficient (Wildman–Crippen LogP) is 4.00. The molecule has 1 aromatic carbocycles.